The zero-order valence-corrected chi connectivity index (χ0v) is 15.0. The molecule has 0 saturated carbocycles. The Kier molecular flexibility index (Phi) is 7.04. The first kappa shape index (κ1) is 20.5. The molecule has 0 spiro atoms. The first-order chi connectivity index (χ1) is 12.8. The predicted molar refractivity (Wildman–Crippen MR) is 91.7 cm³/mol. The van der Waals surface area contributed by atoms with E-state index in [1.165, 1.54) is 0 Å². The van der Waals surface area contributed by atoms with Crippen LogP contribution >= 0.6 is 0 Å². The minimum atomic E-state index is -4.45. The molecule has 0 bridgehead atoms. The van der Waals surface area contributed by atoms with Crippen molar-refractivity contribution in [3.8, 4) is 17.4 Å². The molecule has 27 heavy (non-hydrogen) atoms. The van der Waals surface area contributed by atoms with Gasteiger partial charge in [-0.25, -0.2) is 9.78 Å². The smallest absolute Gasteiger partial charge is 0.417 e. The van der Waals surface area contributed by atoms with Gasteiger partial charge in [0.15, 0.2) is 6.10 Å². The molecule has 0 fully saturated rings. The molecule has 0 aliphatic rings. The van der Waals surface area contributed by atoms with Gasteiger partial charge in [0, 0.05) is 12.3 Å². The molecule has 0 aliphatic heterocycles. The molecule has 1 aromatic heterocycles. The van der Waals surface area contributed by atoms with Gasteiger partial charge in [0.25, 0.3) is 0 Å². The molecule has 1 unspecified atom stereocenters. The van der Waals surface area contributed by atoms with Crippen LogP contribution < -0.4 is 9.47 Å². The number of halogens is 3. The molecule has 1 atom stereocenters. The maximum absolute atomic E-state index is 12.5. The van der Waals surface area contributed by atoms with Crippen LogP contribution in [0.15, 0.2) is 42.6 Å². The summed E-state index contributed by atoms with van der Waals surface area (Å²) in [5, 5.41) is 0. The number of ether oxygens (including phenoxy) is 3. The van der Waals surface area contributed by atoms with Crippen molar-refractivity contribution in [3.05, 3.63) is 48.2 Å². The molecule has 0 amide bonds. The Balaban J connectivity index is 1.90. The number of carbonyl (C=O) groups is 1. The van der Waals surface area contributed by atoms with E-state index < -0.39 is 23.8 Å². The third kappa shape index (κ3) is 6.47. The van der Waals surface area contributed by atoms with Crippen molar-refractivity contribution in [2.24, 2.45) is 0 Å². The minimum Gasteiger partial charge on any atom is -0.479 e. The van der Waals surface area contributed by atoms with Crippen LogP contribution in [-0.2, 0) is 15.7 Å². The molecular formula is C19H20F3NO4. The van der Waals surface area contributed by atoms with Crippen LogP contribution in [0, 0.1) is 0 Å². The third-order valence-corrected chi connectivity index (χ3v) is 3.50. The highest BCUT2D eigenvalue weighted by atomic mass is 19.4. The maximum Gasteiger partial charge on any atom is 0.417 e. The fourth-order valence-corrected chi connectivity index (χ4v) is 2.00. The summed E-state index contributed by atoms with van der Waals surface area (Å²) in [4.78, 5) is 15.4. The van der Waals surface area contributed by atoms with E-state index in [1.54, 1.807) is 31.2 Å². The number of alkyl halides is 3. The Bertz CT molecular complexity index is 730. The number of hydrogen-bond donors (Lipinski definition) is 0. The summed E-state index contributed by atoms with van der Waals surface area (Å²) in [7, 11) is 0. The van der Waals surface area contributed by atoms with E-state index in [2.05, 4.69) is 4.98 Å². The molecule has 0 radical (unpaired) electrons. The average Bonchev–Trinajstić information content (AvgIpc) is 2.63. The van der Waals surface area contributed by atoms with Gasteiger partial charge in [-0.05, 0) is 43.7 Å². The van der Waals surface area contributed by atoms with Crippen LogP contribution in [0.2, 0.25) is 0 Å². The summed E-state index contributed by atoms with van der Waals surface area (Å²) >= 11 is 0. The van der Waals surface area contributed by atoms with E-state index in [4.69, 9.17) is 14.2 Å². The molecule has 8 heteroatoms. The van der Waals surface area contributed by atoms with Crippen LogP contribution in [0.4, 0.5) is 13.2 Å². The molecule has 1 aromatic carbocycles. The van der Waals surface area contributed by atoms with Gasteiger partial charge in [-0.15, -0.1) is 0 Å². The van der Waals surface area contributed by atoms with E-state index in [1.807, 2.05) is 6.92 Å². The SMILES string of the molecule is CCCCOC(=O)C(C)Oc1ccc(Oc2ccc(C(F)(F)F)cn2)cc1. The summed E-state index contributed by atoms with van der Waals surface area (Å²) in [5.74, 6) is 0.387. The average molecular weight is 383 g/mol. The van der Waals surface area contributed by atoms with Gasteiger partial charge < -0.3 is 14.2 Å². The second-order valence-electron chi connectivity index (χ2n) is 5.74. The lowest BCUT2D eigenvalue weighted by atomic mass is 10.3. The second-order valence-corrected chi connectivity index (χ2v) is 5.74. The number of aromatic nitrogens is 1. The largest absolute Gasteiger partial charge is 0.479 e. The van der Waals surface area contributed by atoms with Crippen molar-refractivity contribution in [1.29, 1.82) is 0 Å². The maximum atomic E-state index is 12.5. The van der Waals surface area contributed by atoms with E-state index in [-0.39, 0.29) is 5.88 Å². The second kappa shape index (κ2) is 9.25. The Morgan fingerprint density at radius 3 is 2.33 bits per heavy atom. The summed E-state index contributed by atoms with van der Waals surface area (Å²) in [6, 6.07) is 8.31. The number of benzene rings is 1. The lowest BCUT2D eigenvalue weighted by Gasteiger charge is -2.14. The van der Waals surface area contributed by atoms with Gasteiger partial charge in [0.05, 0.1) is 12.2 Å². The highest BCUT2D eigenvalue weighted by Crippen LogP contribution is 2.30. The van der Waals surface area contributed by atoms with Crippen LogP contribution in [0.3, 0.4) is 0 Å². The zero-order chi connectivity index (χ0) is 19.9. The molecule has 0 aliphatic carbocycles. The molecule has 1 heterocycles. The van der Waals surface area contributed by atoms with Crippen molar-refractivity contribution in [1.82, 2.24) is 4.98 Å². The summed E-state index contributed by atoms with van der Waals surface area (Å²) in [6.07, 6.45) is -2.78. The number of carbonyl (C=O) groups excluding carboxylic acids is 1. The lowest BCUT2D eigenvalue weighted by molar-refractivity contribution is -0.151. The Morgan fingerprint density at radius 2 is 1.78 bits per heavy atom. The predicted octanol–water partition coefficient (Wildman–Crippen LogP) is 5.00. The summed E-state index contributed by atoms with van der Waals surface area (Å²) in [5.41, 5.74) is -0.849. The normalized spacial score (nSPS) is 12.3. The summed E-state index contributed by atoms with van der Waals surface area (Å²) < 4.78 is 53.5. The molecule has 0 saturated heterocycles. The quantitative estimate of drug-likeness (QED) is 0.474. The first-order valence-corrected chi connectivity index (χ1v) is 8.44. The number of rotatable bonds is 8. The standard InChI is InChI=1S/C19H20F3NO4/c1-3-4-11-25-18(24)13(2)26-15-6-8-16(9-7-15)27-17-10-5-14(12-23-17)19(20,21)22/h5-10,12-13H,3-4,11H2,1-2H3. The van der Waals surface area contributed by atoms with Crippen LogP contribution in [0.25, 0.3) is 0 Å². The number of pyridine rings is 1. The monoisotopic (exact) mass is 383 g/mol. The van der Waals surface area contributed by atoms with Crippen LogP contribution in [-0.4, -0.2) is 23.7 Å². The Hall–Kier alpha value is -2.77. The van der Waals surface area contributed by atoms with Gasteiger partial charge >= 0.3 is 12.1 Å². The first-order valence-electron chi connectivity index (χ1n) is 8.44. The molecule has 2 aromatic rings. The van der Waals surface area contributed by atoms with Crippen molar-refractivity contribution >= 4 is 5.97 Å². The van der Waals surface area contributed by atoms with Gasteiger partial charge in [-0.3, -0.25) is 0 Å². The fourth-order valence-electron chi connectivity index (χ4n) is 2.00. The minimum absolute atomic E-state index is 0.0320. The molecule has 5 nitrogen and oxygen atoms in total. The van der Waals surface area contributed by atoms with Crippen molar-refractivity contribution in [2.75, 3.05) is 6.61 Å². The highest BCUT2D eigenvalue weighted by Gasteiger charge is 2.30. The van der Waals surface area contributed by atoms with Gasteiger partial charge in [0.2, 0.25) is 5.88 Å². The number of esters is 1. The van der Waals surface area contributed by atoms with Crippen molar-refractivity contribution in [2.45, 2.75) is 39.0 Å². The lowest BCUT2D eigenvalue weighted by Crippen LogP contribution is -2.26. The number of unbranched alkanes of at least 4 members (excludes halogenated alkanes) is 1. The number of hydrogen-bond acceptors (Lipinski definition) is 5. The third-order valence-electron chi connectivity index (χ3n) is 3.50. The van der Waals surface area contributed by atoms with Crippen molar-refractivity contribution in [3.63, 3.8) is 0 Å². The zero-order valence-electron chi connectivity index (χ0n) is 15.0. The van der Waals surface area contributed by atoms with Crippen LogP contribution in [0.5, 0.6) is 17.4 Å². The van der Waals surface area contributed by atoms with E-state index in [9.17, 15) is 18.0 Å². The van der Waals surface area contributed by atoms with Gasteiger partial charge in [0.1, 0.15) is 11.5 Å². The molecular weight excluding hydrogens is 363 g/mol. The van der Waals surface area contributed by atoms with E-state index in [0.717, 1.165) is 25.0 Å². The van der Waals surface area contributed by atoms with E-state index in [0.29, 0.717) is 24.3 Å². The van der Waals surface area contributed by atoms with Crippen molar-refractivity contribution < 1.29 is 32.2 Å². The topological polar surface area (TPSA) is 57.7 Å². The molecule has 146 valence electrons. The van der Waals surface area contributed by atoms with E-state index >= 15 is 0 Å². The summed E-state index contributed by atoms with van der Waals surface area (Å²) in [6.45, 7) is 3.94. The molecule has 0 N–H and O–H groups in total. The Labute approximate surface area is 155 Å². The number of nitrogens with zero attached hydrogens (tertiary/aromatic N) is 1. The Morgan fingerprint density at radius 1 is 1.11 bits per heavy atom. The van der Waals surface area contributed by atoms with Gasteiger partial charge in [-0.1, -0.05) is 13.3 Å². The highest BCUT2D eigenvalue weighted by molar-refractivity contribution is 5.74. The van der Waals surface area contributed by atoms with Gasteiger partial charge in [-0.2, -0.15) is 13.2 Å². The molecule has 2 rings (SSSR count). The van der Waals surface area contributed by atoms with Crippen LogP contribution in [0.1, 0.15) is 32.3 Å². The fraction of sp³-hybridized carbons (Fsp3) is 0.368.